The normalized spacial score (nSPS) is 17.9. The molecule has 0 aliphatic heterocycles. The number of rotatable bonds is 3. The SMILES string of the molecule is CC(C)(C)OC(N)=O.N#CC1CCC1.NCc1cnn2cc(CC3CCC(F)(F)CC3)nc2c1. The number of imidazole rings is 1. The highest BCUT2D eigenvalue weighted by atomic mass is 19.3. The molecule has 1 amide bonds. The number of hydrogen-bond donors (Lipinski definition) is 2. The van der Waals surface area contributed by atoms with E-state index in [2.05, 4.69) is 20.9 Å². The molecule has 0 bridgehead atoms. The third-order valence-corrected chi connectivity index (χ3v) is 5.69. The molecule has 188 valence electrons. The van der Waals surface area contributed by atoms with E-state index in [1.165, 1.54) is 6.42 Å². The van der Waals surface area contributed by atoms with Gasteiger partial charge >= 0.3 is 6.09 Å². The fraction of sp³-hybridized carbons (Fsp3) is 0.667. The minimum Gasteiger partial charge on any atom is -0.444 e. The van der Waals surface area contributed by atoms with E-state index in [0.29, 0.717) is 31.2 Å². The van der Waals surface area contributed by atoms with Crippen molar-refractivity contribution in [2.24, 2.45) is 23.3 Å². The first-order valence-electron chi connectivity index (χ1n) is 11.7. The van der Waals surface area contributed by atoms with E-state index in [4.69, 9.17) is 16.7 Å². The van der Waals surface area contributed by atoms with E-state index in [9.17, 15) is 13.6 Å². The van der Waals surface area contributed by atoms with Crippen LogP contribution in [-0.4, -0.2) is 32.2 Å². The summed E-state index contributed by atoms with van der Waals surface area (Å²) in [4.78, 5) is 14.5. The lowest BCUT2D eigenvalue weighted by atomic mass is 9.84. The number of halogens is 2. The number of nitrogens with zero attached hydrogens (tertiary/aromatic N) is 4. The number of alkyl halides is 2. The summed E-state index contributed by atoms with van der Waals surface area (Å²) >= 11 is 0. The van der Waals surface area contributed by atoms with Gasteiger partial charge in [-0.3, -0.25) is 0 Å². The monoisotopic (exact) mass is 478 g/mol. The van der Waals surface area contributed by atoms with E-state index < -0.39 is 17.6 Å². The number of nitrogens with two attached hydrogens (primary N) is 2. The molecule has 2 aromatic rings. The minimum absolute atomic E-state index is 0.000605. The topological polar surface area (TPSA) is 132 Å². The van der Waals surface area contributed by atoms with Crippen LogP contribution in [0.15, 0.2) is 18.5 Å². The van der Waals surface area contributed by atoms with E-state index in [1.807, 2.05) is 12.3 Å². The Kier molecular flexibility index (Phi) is 9.74. The molecule has 0 spiro atoms. The van der Waals surface area contributed by atoms with Crippen LogP contribution < -0.4 is 11.5 Å². The fourth-order valence-corrected chi connectivity index (χ4v) is 3.61. The maximum atomic E-state index is 13.1. The Morgan fingerprint density at radius 2 is 1.94 bits per heavy atom. The summed E-state index contributed by atoms with van der Waals surface area (Å²) in [5, 5.41) is 12.4. The van der Waals surface area contributed by atoms with Crippen molar-refractivity contribution < 1.29 is 18.3 Å². The maximum Gasteiger partial charge on any atom is 0.405 e. The lowest BCUT2D eigenvalue weighted by Gasteiger charge is -2.27. The molecule has 2 aliphatic rings. The van der Waals surface area contributed by atoms with Gasteiger partial charge in [-0.25, -0.2) is 23.1 Å². The molecule has 2 saturated carbocycles. The van der Waals surface area contributed by atoms with Crippen LogP contribution in [0, 0.1) is 23.2 Å². The highest BCUT2D eigenvalue weighted by molar-refractivity contribution is 5.65. The van der Waals surface area contributed by atoms with Crippen molar-refractivity contribution in [3.63, 3.8) is 0 Å². The number of hydrogen-bond acceptors (Lipinski definition) is 6. The molecule has 0 unspecified atom stereocenters. The fourth-order valence-electron chi connectivity index (χ4n) is 3.61. The molecular weight excluding hydrogens is 442 g/mol. The highest BCUT2D eigenvalue weighted by Crippen LogP contribution is 2.37. The van der Waals surface area contributed by atoms with Crippen LogP contribution in [0.3, 0.4) is 0 Å². The van der Waals surface area contributed by atoms with Gasteiger partial charge in [0.1, 0.15) is 5.60 Å². The molecule has 4 rings (SSSR count). The molecule has 2 fully saturated rings. The first-order valence-corrected chi connectivity index (χ1v) is 11.7. The van der Waals surface area contributed by atoms with Crippen LogP contribution in [0.4, 0.5) is 13.6 Å². The summed E-state index contributed by atoms with van der Waals surface area (Å²) in [6.45, 7) is 5.72. The van der Waals surface area contributed by atoms with Gasteiger partial charge in [-0.1, -0.05) is 6.42 Å². The zero-order chi connectivity index (χ0) is 25.4. The second-order valence-corrected chi connectivity index (χ2v) is 9.90. The van der Waals surface area contributed by atoms with E-state index in [-0.39, 0.29) is 12.8 Å². The Morgan fingerprint density at radius 1 is 1.29 bits per heavy atom. The Balaban J connectivity index is 0.000000240. The molecule has 4 N–H and O–H groups in total. The molecule has 0 radical (unpaired) electrons. The van der Waals surface area contributed by atoms with Crippen molar-refractivity contribution in [2.75, 3.05) is 0 Å². The third-order valence-electron chi connectivity index (χ3n) is 5.69. The van der Waals surface area contributed by atoms with Gasteiger partial charge in [0.2, 0.25) is 5.92 Å². The predicted octanol–water partition coefficient (Wildman–Crippen LogP) is 4.75. The number of nitriles is 1. The Labute approximate surface area is 199 Å². The minimum atomic E-state index is -2.47. The zero-order valence-electron chi connectivity index (χ0n) is 20.3. The number of ether oxygens (including phenoxy) is 1. The summed E-state index contributed by atoms with van der Waals surface area (Å²) in [6, 6.07) is 4.11. The number of carbonyl (C=O) groups is 1. The van der Waals surface area contributed by atoms with E-state index in [1.54, 1.807) is 31.5 Å². The summed E-state index contributed by atoms with van der Waals surface area (Å²) in [5.41, 5.74) is 12.5. The average Bonchev–Trinajstić information content (AvgIpc) is 3.09. The van der Waals surface area contributed by atoms with Gasteiger partial charge in [-0.05, 0) is 70.4 Å². The van der Waals surface area contributed by atoms with E-state index >= 15 is 0 Å². The van der Waals surface area contributed by atoms with Crippen molar-refractivity contribution in [2.45, 2.75) is 90.2 Å². The number of amides is 1. The Morgan fingerprint density at radius 3 is 2.35 bits per heavy atom. The largest absolute Gasteiger partial charge is 0.444 e. The molecule has 34 heavy (non-hydrogen) atoms. The Bertz CT molecular complexity index is 966. The van der Waals surface area contributed by atoms with Crippen molar-refractivity contribution in [1.29, 1.82) is 5.26 Å². The molecule has 8 nitrogen and oxygen atoms in total. The lowest BCUT2D eigenvalue weighted by molar-refractivity contribution is -0.0457. The summed E-state index contributed by atoms with van der Waals surface area (Å²) in [5.74, 6) is -1.74. The van der Waals surface area contributed by atoms with Gasteiger partial charge in [0.05, 0.1) is 24.2 Å². The van der Waals surface area contributed by atoms with Gasteiger partial charge in [0.15, 0.2) is 5.65 Å². The lowest BCUT2D eigenvalue weighted by Crippen LogP contribution is -2.27. The second-order valence-electron chi connectivity index (χ2n) is 9.90. The van der Waals surface area contributed by atoms with Crippen molar-refractivity contribution in [3.8, 4) is 6.07 Å². The Hall–Kier alpha value is -2.80. The first-order chi connectivity index (χ1) is 15.9. The van der Waals surface area contributed by atoms with Crippen LogP contribution >= 0.6 is 0 Å². The van der Waals surface area contributed by atoms with E-state index in [0.717, 1.165) is 36.2 Å². The van der Waals surface area contributed by atoms with Crippen LogP contribution in [0.1, 0.15) is 77.0 Å². The quantitative estimate of drug-likeness (QED) is 0.654. The standard InChI is InChI=1S/C14H18F2N4.C5H11NO2.C5H7N/c15-14(16)3-1-10(2-4-14)5-12-9-20-13(19-12)6-11(7-17)8-18-20;1-5(2,3)8-4(6)7;6-4-5-2-1-3-5/h6,8-10H,1-5,7,17H2;1-3H3,(H2,6,7);5H,1-3H2. The van der Waals surface area contributed by atoms with Gasteiger partial charge < -0.3 is 16.2 Å². The second kappa shape index (κ2) is 12.1. The van der Waals surface area contributed by atoms with Crippen molar-refractivity contribution in [3.05, 3.63) is 29.7 Å². The molecule has 0 aromatic carbocycles. The molecule has 10 heteroatoms. The first kappa shape index (κ1) is 27.4. The number of aromatic nitrogens is 3. The number of fused-ring (bicyclic) bond motifs is 1. The molecule has 2 aliphatic carbocycles. The smallest absolute Gasteiger partial charge is 0.405 e. The van der Waals surface area contributed by atoms with Gasteiger partial charge in [-0.2, -0.15) is 10.4 Å². The third kappa shape index (κ3) is 9.59. The van der Waals surface area contributed by atoms with Gasteiger partial charge in [0.25, 0.3) is 0 Å². The molecule has 2 heterocycles. The molecule has 0 atom stereocenters. The van der Waals surface area contributed by atoms with Gasteiger partial charge in [-0.15, -0.1) is 0 Å². The maximum absolute atomic E-state index is 13.1. The summed E-state index contributed by atoms with van der Waals surface area (Å²) < 4.78 is 32.5. The average molecular weight is 479 g/mol. The summed E-state index contributed by atoms with van der Waals surface area (Å²) in [6.07, 6.45) is 8.34. The van der Waals surface area contributed by atoms with Crippen molar-refractivity contribution in [1.82, 2.24) is 14.6 Å². The van der Waals surface area contributed by atoms with Crippen LogP contribution in [-0.2, 0) is 17.7 Å². The van der Waals surface area contributed by atoms with Crippen LogP contribution in [0.25, 0.3) is 5.65 Å². The van der Waals surface area contributed by atoms with Gasteiger partial charge in [0, 0.05) is 25.3 Å². The molecule has 0 saturated heterocycles. The molecular formula is C24H36F2N6O2. The predicted molar refractivity (Wildman–Crippen MR) is 125 cm³/mol. The van der Waals surface area contributed by atoms with Crippen molar-refractivity contribution >= 4 is 11.7 Å². The molecule has 2 aromatic heterocycles. The highest BCUT2D eigenvalue weighted by Gasteiger charge is 2.35. The summed E-state index contributed by atoms with van der Waals surface area (Å²) in [7, 11) is 0. The zero-order valence-corrected chi connectivity index (χ0v) is 20.3. The van der Waals surface area contributed by atoms with Crippen LogP contribution in [0.5, 0.6) is 0 Å². The number of carbonyl (C=O) groups excluding carboxylic acids is 1. The van der Waals surface area contributed by atoms with Crippen LogP contribution in [0.2, 0.25) is 0 Å². The number of primary amides is 1.